The lowest BCUT2D eigenvalue weighted by Gasteiger charge is -2.08. The van der Waals surface area contributed by atoms with Gasteiger partial charge in [-0.2, -0.15) is 4.98 Å². The van der Waals surface area contributed by atoms with Crippen molar-refractivity contribution in [3.8, 4) is 0 Å². The highest BCUT2D eigenvalue weighted by Gasteiger charge is 2.08. The number of nitrogens with one attached hydrogen (secondary N) is 2. The van der Waals surface area contributed by atoms with Crippen LogP contribution < -0.4 is 16.6 Å². The van der Waals surface area contributed by atoms with Crippen molar-refractivity contribution in [1.29, 1.82) is 0 Å². The Bertz CT molecular complexity index is 782. The third kappa shape index (κ3) is 2.11. The maximum absolute atomic E-state index is 11.7. The predicted octanol–water partition coefficient (Wildman–Crippen LogP) is 1.64. The Hall–Kier alpha value is -2.89. The fourth-order valence-corrected chi connectivity index (χ4v) is 1.84. The van der Waals surface area contributed by atoms with Gasteiger partial charge in [-0.15, -0.1) is 0 Å². The van der Waals surface area contributed by atoms with Crippen LogP contribution in [0.25, 0.3) is 10.9 Å². The number of para-hydroxylation sites is 1. The summed E-state index contributed by atoms with van der Waals surface area (Å²) in [5.41, 5.74) is 6.48. The SMILES string of the molecule is Nc1nc(Nc2ccccc2)c2cc[nH]c(=O)c2n1. The van der Waals surface area contributed by atoms with E-state index in [1.807, 2.05) is 30.3 Å². The largest absolute Gasteiger partial charge is 0.368 e. The van der Waals surface area contributed by atoms with Gasteiger partial charge in [-0.3, -0.25) is 4.79 Å². The molecule has 0 fully saturated rings. The van der Waals surface area contributed by atoms with E-state index in [4.69, 9.17) is 5.73 Å². The molecule has 3 rings (SSSR count). The van der Waals surface area contributed by atoms with Crippen LogP contribution in [0, 0.1) is 0 Å². The molecule has 6 nitrogen and oxygen atoms in total. The van der Waals surface area contributed by atoms with Crippen LogP contribution in [0.1, 0.15) is 0 Å². The third-order valence-corrected chi connectivity index (χ3v) is 2.68. The smallest absolute Gasteiger partial charge is 0.274 e. The van der Waals surface area contributed by atoms with Gasteiger partial charge >= 0.3 is 0 Å². The van der Waals surface area contributed by atoms with E-state index >= 15 is 0 Å². The van der Waals surface area contributed by atoms with Gasteiger partial charge in [0, 0.05) is 11.9 Å². The second-order valence-electron chi connectivity index (χ2n) is 3.99. The molecule has 19 heavy (non-hydrogen) atoms. The molecule has 2 aromatic heterocycles. The van der Waals surface area contributed by atoms with E-state index in [1.54, 1.807) is 12.3 Å². The van der Waals surface area contributed by atoms with Crippen molar-refractivity contribution in [2.24, 2.45) is 0 Å². The Labute approximate surface area is 108 Å². The van der Waals surface area contributed by atoms with Crippen molar-refractivity contribution < 1.29 is 0 Å². The summed E-state index contributed by atoms with van der Waals surface area (Å²) >= 11 is 0. The standard InChI is InChI=1S/C13H11N5O/c14-13-17-10-9(6-7-15-12(10)19)11(18-13)16-8-4-2-1-3-5-8/h1-7H,(H,15,19)(H3,14,16,17,18). The average molecular weight is 253 g/mol. The topological polar surface area (TPSA) is 96.7 Å². The lowest BCUT2D eigenvalue weighted by Crippen LogP contribution is -2.10. The normalized spacial score (nSPS) is 10.5. The minimum Gasteiger partial charge on any atom is -0.368 e. The maximum Gasteiger partial charge on any atom is 0.274 e. The van der Waals surface area contributed by atoms with Gasteiger partial charge in [0.15, 0.2) is 0 Å². The number of nitrogen functional groups attached to an aromatic ring is 1. The van der Waals surface area contributed by atoms with Crippen LogP contribution in [0.4, 0.5) is 17.5 Å². The van der Waals surface area contributed by atoms with Crippen molar-refractivity contribution in [1.82, 2.24) is 15.0 Å². The number of H-pyrrole nitrogens is 1. The number of anilines is 3. The monoisotopic (exact) mass is 253 g/mol. The highest BCUT2D eigenvalue weighted by molar-refractivity contribution is 5.90. The summed E-state index contributed by atoms with van der Waals surface area (Å²) in [4.78, 5) is 22.4. The van der Waals surface area contributed by atoms with Crippen LogP contribution in [-0.2, 0) is 0 Å². The first-order valence-corrected chi connectivity index (χ1v) is 5.71. The van der Waals surface area contributed by atoms with Crippen LogP contribution in [-0.4, -0.2) is 15.0 Å². The minimum atomic E-state index is -0.289. The zero-order valence-corrected chi connectivity index (χ0v) is 9.92. The number of aromatic amines is 1. The Balaban J connectivity index is 2.18. The molecule has 6 heteroatoms. The molecule has 0 bridgehead atoms. The van der Waals surface area contributed by atoms with E-state index in [0.29, 0.717) is 11.2 Å². The van der Waals surface area contributed by atoms with E-state index in [2.05, 4.69) is 20.3 Å². The van der Waals surface area contributed by atoms with E-state index in [-0.39, 0.29) is 17.0 Å². The molecule has 0 aliphatic rings. The van der Waals surface area contributed by atoms with Crippen molar-refractivity contribution in [2.75, 3.05) is 11.1 Å². The summed E-state index contributed by atoms with van der Waals surface area (Å²) in [5.74, 6) is 0.572. The summed E-state index contributed by atoms with van der Waals surface area (Å²) in [7, 11) is 0. The average Bonchev–Trinajstić information content (AvgIpc) is 2.41. The fourth-order valence-electron chi connectivity index (χ4n) is 1.84. The van der Waals surface area contributed by atoms with Gasteiger partial charge in [0.1, 0.15) is 11.3 Å². The van der Waals surface area contributed by atoms with Crippen LogP contribution in [0.15, 0.2) is 47.4 Å². The molecule has 3 aromatic rings. The van der Waals surface area contributed by atoms with Crippen LogP contribution in [0.5, 0.6) is 0 Å². The van der Waals surface area contributed by atoms with Crippen molar-refractivity contribution in [3.63, 3.8) is 0 Å². The number of nitrogens with zero attached hydrogens (tertiary/aromatic N) is 2. The Morgan fingerprint density at radius 2 is 1.89 bits per heavy atom. The van der Waals surface area contributed by atoms with Crippen LogP contribution >= 0.6 is 0 Å². The molecule has 0 radical (unpaired) electrons. The van der Waals surface area contributed by atoms with Gasteiger partial charge < -0.3 is 16.0 Å². The van der Waals surface area contributed by atoms with E-state index in [9.17, 15) is 4.79 Å². The fraction of sp³-hybridized carbons (Fsp3) is 0. The summed E-state index contributed by atoms with van der Waals surface area (Å²) < 4.78 is 0. The van der Waals surface area contributed by atoms with E-state index < -0.39 is 0 Å². The van der Waals surface area contributed by atoms with Crippen molar-refractivity contribution in [2.45, 2.75) is 0 Å². The van der Waals surface area contributed by atoms with E-state index in [0.717, 1.165) is 5.69 Å². The molecule has 0 saturated heterocycles. The van der Waals surface area contributed by atoms with Gasteiger partial charge in [-0.05, 0) is 18.2 Å². The zero-order valence-electron chi connectivity index (χ0n) is 9.92. The Kier molecular flexibility index (Phi) is 2.60. The molecule has 0 aliphatic carbocycles. The van der Waals surface area contributed by atoms with E-state index in [1.165, 1.54) is 0 Å². The summed E-state index contributed by atoms with van der Waals surface area (Å²) in [5, 5.41) is 3.76. The molecular weight excluding hydrogens is 242 g/mol. The number of hydrogen-bond donors (Lipinski definition) is 3. The first-order valence-electron chi connectivity index (χ1n) is 5.71. The predicted molar refractivity (Wildman–Crippen MR) is 74.3 cm³/mol. The highest BCUT2D eigenvalue weighted by atomic mass is 16.1. The summed E-state index contributed by atoms with van der Waals surface area (Å²) in [6.45, 7) is 0. The van der Waals surface area contributed by atoms with Gasteiger partial charge in [0.25, 0.3) is 5.56 Å². The molecular formula is C13H11N5O. The molecule has 0 saturated carbocycles. The van der Waals surface area contributed by atoms with Crippen LogP contribution in [0.3, 0.4) is 0 Å². The highest BCUT2D eigenvalue weighted by Crippen LogP contribution is 2.21. The first-order chi connectivity index (χ1) is 9.24. The molecule has 0 spiro atoms. The molecule has 0 aliphatic heterocycles. The number of fused-ring (bicyclic) bond motifs is 1. The number of aromatic nitrogens is 3. The van der Waals surface area contributed by atoms with Crippen molar-refractivity contribution in [3.05, 3.63) is 52.9 Å². The molecule has 94 valence electrons. The van der Waals surface area contributed by atoms with Gasteiger partial charge in [-0.25, -0.2) is 4.98 Å². The maximum atomic E-state index is 11.7. The van der Waals surface area contributed by atoms with Gasteiger partial charge in [-0.1, -0.05) is 18.2 Å². The minimum absolute atomic E-state index is 0.0580. The number of rotatable bonds is 2. The number of nitrogens with two attached hydrogens (primary N) is 1. The Morgan fingerprint density at radius 1 is 1.11 bits per heavy atom. The molecule has 2 heterocycles. The van der Waals surface area contributed by atoms with Crippen molar-refractivity contribution >= 4 is 28.4 Å². The van der Waals surface area contributed by atoms with Gasteiger partial charge in [0.05, 0.1) is 5.39 Å². The zero-order chi connectivity index (χ0) is 13.2. The molecule has 0 amide bonds. The second kappa shape index (κ2) is 4.41. The summed E-state index contributed by atoms with van der Waals surface area (Å²) in [6, 6.07) is 11.3. The first kappa shape index (κ1) is 11.2. The summed E-state index contributed by atoms with van der Waals surface area (Å²) in [6.07, 6.45) is 1.56. The molecule has 1 aromatic carbocycles. The number of benzene rings is 1. The lowest BCUT2D eigenvalue weighted by molar-refractivity contribution is 1.19. The Morgan fingerprint density at radius 3 is 2.68 bits per heavy atom. The third-order valence-electron chi connectivity index (χ3n) is 2.68. The molecule has 4 N–H and O–H groups in total. The van der Waals surface area contributed by atoms with Crippen LogP contribution in [0.2, 0.25) is 0 Å². The lowest BCUT2D eigenvalue weighted by atomic mass is 10.2. The molecule has 0 atom stereocenters. The van der Waals surface area contributed by atoms with Gasteiger partial charge in [0.2, 0.25) is 5.95 Å². The molecule has 0 unspecified atom stereocenters. The quantitative estimate of drug-likeness (QED) is 0.645. The number of hydrogen-bond acceptors (Lipinski definition) is 5. The second-order valence-corrected chi connectivity index (χ2v) is 3.99. The number of pyridine rings is 1.